The Bertz CT molecular complexity index is 670. The molecule has 0 radical (unpaired) electrons. The Morgan fingerprint density at radius 1 is 1.12 bits per heavy atom. The molecule has 4 unspecified atom stereocenters. The van der Waals surface area contributed by atoms with Crippen molar-refractivity contribution in [2.45, 2.75) is 45.6 Å². The van der Waals surface area contributed by atoms with E-state index in [0.29, 0.717) is 23.1 Å². The van der Waals surface area contributed by atoms with Crippen LogP contribution in [0.5, 0.6) is 0 Å². The normalized spacial score (nSPS) is 26.0. The van der Waals surface area contributed by atoms with Crippen LogP contribution in [0.25, 0.3) is 0 Å². The van der Waals surface area contributed by atoms with Gasteiger partial charge in [-0.2, -0.15) is 0 Å². The molecule has 0 heterocycles. The average Bonchev–Trinajstić information content (AvgIpc) is 3.18. The number of Topliss-reactive ketones (excluding diaryl/α,β-unsaturated/α-hetero) is 1. The zero-order valence-electron chi connectivity index (χ0n) is 14.2. The Morgan fingerprint density at radius 2 is 1.92 bits per heavy atom. The molecule has 2 amide bonds. The maximum Gasteiger partial charge on any atom is 0.313 e. The van der Waals surface area contributed by atoms with E-state index in [1.807, 2.05) is 6.92 Å². The summed E-state index contributed by atoms with van der Waals surface area (Å²) in [5.41, 5.74) is 0.957. The van der Waals surface area contributed by atoms with Crippen molar-refractivity contribution >= 4 is 23.3 Å². The number of ketones is 1. The van der Waals surface area contributed by atoms with Crippen molar-refractivity contribution in [3.05, 3.63) is 29.8 Å². The number of amides is 2. The van der Waals surface area contributed by atoms with Crippen molar-refractivity contribution < 1.29 is 14.4 Å². The van der Waals surface area contributed by atoms with E-state index in [4.69, 9.17) is 0 Å². The molecule has 128 valence electrons. The highest BCUT2D eigenvalue weighted by Crippen LogP contribution is 2.49. The van der Waals surface area contributed by atoms with Crippen molar-refractivity contribution in [2.24, 2.45) is 17.8 Å². The number of hydrogen-bond acceptors (Lipinski definition) is 3. The third-order valence-electron chi connectivity index (χ3n) is 5.53. The van der Waals surface area contributed by atoms with Gasteiger partial charge in [0.1, 0.15) is 0 Å². The zero-order valence-corrected chi connectivity index (χ0v) is 14.2. The Balaban J connectivity index is 1.56. The fourth-order valence-electron chi connectivity index (χ4n) is 4.29. The van der Waals surface area contributed by atoms with Gasteiger partial charge in [0.2, 0.25) is 0 Å². The lowest BCUT2D eigenvalue weighted by molar-refractivity contribution is -0.136. The number of anilines is 1. The standard InChI is InChI=1S/C19H24N2O3/c1-11(17-9-13-6-7-15(17)8-13)20-18(23)19(24)21-16-5-3-4-14(10-16)12(2)22/h3-5,10-11,13,15,17H,6-9H2,1-2H3,(H,20,23)(H,21,24). The highest BCUT2D eigenvalue weighted by molar-refractivity contribution is 6.39. The third kappa shape index (κ3) is 3.50. The van der Waals surface area contributed by atoms with Gasteiger partial charge in [-0.25, -0.2) is 0 Å². The Morgan fingerprint density at radius 3 is 2.54 bits per heavy atom. The van der Waals surface area contributed by atoms with Gasteiger partial charge >= 0.3 is 11.8 Å². The molecule has 0 aromatic heterocycles. The molecule has 4 atom stereocenters. The van der Waals surface area contributed by atoms with Crippen LogP contribution in [0.1, 0.15) is 49.9 Å². The Hall–Kier alpha value is -2.17. The van der Waals surface area contributed by atoms with Gasteiger partial charge in [-0.1, -0.05) is 18.6 Å². The molecule has 2 saturated carbocycles. The van der Waals surface area contributed by atoms with Crippen LogP contribution < -0.4 is 10.6 Å². The molecule has 2 aliphatic rings. The monoisotopic (exact) mass is 328 g/mol. The quantitative estimate of drug-likeness (QED) is 0.659. The van der Waals surface area contributed by atoms with E-state index in [0.717, 1.165) is 12.3 Å². The number of benzene rings is 1. The topological polar surface area (TPSA) is 75.3 Å². The lowest BCUT2D eigenvalue weighted by atomic mass is 9.84. The van der Waals surface area contributed by atoms with Gasteiger partial charge in [0, 0.05) is 17.3 Å². The number of carbonyl (C=O) groups is 3. The van der Waals surface area contributed by atoms with Crippen LogP contribution in [0.15, 0.2) is 24.3 Å². The van der Waals surface area contributed by atoms with Gasteiger partial charge in [0.25, 0.3) is 0 Å². The molecule has 1 aromatic carbocycles. The molecule has 3 rings (SSSR count). The lowest BCUT2D eigenvalue weighted by Gasteiger charge is -2.28. The summed E-state index contributed by atoms with van der Waals surface area (Å²) in [5, 5.41) is 5.41. The van der Waals surface area contributed by atoms with Crippen molar-refractivity contribution in [3.8, 4) is 0 Å². The molecule has 5 heteroatoms. The SMILES string of the molecule is CC(=O)c1cccc(NC(=O)C(=O)NC(C)C2CC3CCC2C3)c1. The minimum absolute atomic E-state index is 0.0158. The first-order valence-electron chi connectivity index (χ1n) is 8.67. The summed E-state index contributed by atoms with van der Waals surface area (Å²) in [4.78, 5) is 35.6. The molecule has 2 bridgehead atoms. The molecule has 0 aliphatic heterocycles. The van der Waals surface area contributed by atoms with E-state index >= 15 is 0 Å². The molecule has 0 saturated heterocycles. The fourth-order valence-corrected chi connectivity index (χ4v) is 4.29. The predicted molar refractivity (Wildman–Crippen MR) is 91.6 cm³/mol. The van der Waals surface area contributed by atoms with Crippen LogP contribution in [-0.4, -0.2) is 23.6 Å². The molecule has 24 heavy (non-hydrogen) atoms. The molecule has 2 aliphatic carbocycles. The summed E-state index contributed by atoms with van der Waals surface area (Å²) < 4.78 is 0. The molecule has 1 aromatic rings. The first-order chi connectivity index (χ1) is 11.4. The molecule has 2 N–H and O–H groups in total. The third-order valence-corrected chi connectivity index (χ3v) is 5.53. The lowest BCUT2D eigenvalue weighted by Crippen LogP contribution is -2.45. The van der Waals surface area contributed by atoms with Crippen LogP contribution in [0.4, 0.5) is 5.69 Å². The van der Waals surface area contributed by atoms with Gasteiger partial charge in [-0.05, 0) is 63.0 Å². The average molecular weight is 328 g/mol. The summed E-state index contributed by atoms with van der Waals surface area (Å²) in [7, 11) is 0. The van der Waals surface area contributed by atoms with Crippen molar-refractivity contribution in [2.75, 3.05) is 5.32 Å². The number of fused-ring (bicyclic) bond motifs is 2. The van der Waals surface area contributed by atoms with E-state index in [9.17, 15) is 14.4 Å². The summed E-state index contributed by atoms with van der Waals surface area (Å²) in [6.07, 6.45) is 5.00. The fraction of sp³-hybridized carbons (Fsp3) is 0.526. The minimum atomic E-state index is -0.689. The molecule has 2 fully saturated rings. The second-order valence-electron chi connectivity index (χ2n) is 7.19. The van der Waals surface area contributed by atoms with Crippen LogP contribution in [-0.2, 0) is 9.59 Å². The van der Waals surface area contributed by atoms with E-state index in [2.05, 4.69) is 10.6 Å². The first kappa shape index (κ1) is 16.7. The summed E-state index contributed by atoms with van der Waals surface area (Å²) in [6.45, 7) is 3.46. The molecule has 5 nitrogen and oxygen atoms in total. The zero-order chi connectivity index (χ0) is 17.3. The van der Waals surface area contributed by atoms with Crippen molar-refractivity contribution in [1.82, 2.24) is 5.32 Å². The number of hydrogen-bond donors (Lipinski definition) is 2. The van der Waals surface area contributed by atoms with Gasteiger partial charge in [0.15, 0.2) is 5.78 Å². The van der Waals surface area contributed by atoms with Gasteiger partial charge in [0.05, 0.1) is 0 Å². The summed E-state index contributed by atoms with van der Waals surface area (Å²) in [6, 6.07) is 6.61. The van der Waals surface area contributed by atoms with E-state index < -0.39 is 11.8 Å². The van der Waals surface area contributed by atoms with Crippen molar-refractivity contribution in [1.29, 1.82) is 0 Å². The highest BCUT2D eigenvalue weighted by Gasteiger charge is 2.42. The maximum absolute atomic E-state index is 12.1. The number of nitrogens with one attached hydrogen (secondary N) is 2. The molecule has 0 spiro atoms. The Kier molecular flexibility index (Phi) is 4.69. The first-order valence-corrected chi connectivity index (χ1v) is 8.67. The van der Waals surface area contributed by atoms with Crippen LogP contribution in [0.2, 0.25) is 0 Å². The second-order valence-corrected chi connectivity index (χ2v) is 7.19. The highest BCUT2D eigenvalue weighted by atomic mass is 16.2. The molecular formula is C19H24N2O3. The second kappa shape index (κ2) is 6.75. The summed E-state index contributed by atoms with van der Waals surface area (Å²) >= 11 is 0. The predicted octanol–water partition coefficient (Wildman–Crippen LogP) is 2.77. The Labute approximate surface area is 142 Å². The van der Waals surface area contributed by atoms with Gasteiger partial charge < -0.3 is 10.6 Å². The van der Waals surface area contributed by atoms with Crippen molar-refractivity contribution in [3.63, 3.8) is 0 Å². The van der Waals surface area contributed by atoms with Crippen LogP contribution in [0.3, 0.4) is 0 Å². The van der Waals surface area contributed by atoms with Crippen LogP contribution >= 0.6 is 0 Å². The minimum Gasteiger partial charge on any atom is -0.345 e. The molecular weight excluding hydrogens is 304 g/mol. The summed E-state index contributed by atoms with van der Waals surface area (Å²) in [5.74, 6) is 0.606. The van der Waals surface area contributed by atoms with Gasteiger partial charge in [-0.15, -0.1) is 0 Å². The van der Waals surface area contributed by atoms with E-state index in [1.165, 1.54) is 26.2 Å². The maximum atomic E-state index is 12.1. The van der Waals surface area contributed by atoms with Gasteiger partial charge in [-0.3, -0.25) is 14.4 Å². The smallest absolute Gasteiger partial charge is 0.313 e. The largest absolute Gasteiger partial charge is 0.345 e. The van der Waals surface area contributed by atoms with E-state index in [-0.39, 0.29) is 11.8 Å². The number of rotatable bonds is 4. The van der Waals surface area contributed by atoms with E-state index in [1.54, 1.807) is 24.3 Å². The van der Waals surface area contributed by atoms with Crippen LogP contribution in [0, 0.1) is 17.8 Å². The number of carbonyl (C=O) groups excluding carboxylic acids is 3.